The molecule has 1 saturated heterocycles. The van der Waals surface area contributed by atoms with E-state index in [2.05, 4.69) is 10.8 Å². The van der Waals surface area contributed by atoms with E-state index in [1.54, 1.807) is 29.2 Å². The molecule has 2 aromatic carbocycles. The van der Waals surface area contributed by atoms with Crippen LogP contribution in [0.2, 0.25) is 0 Å². The Morgan fingerprint density at radius 1 is 1.19 bits per heavy atom. The van der Waals surface area contributed by atoms with Crippen molar-refractivity contribution in [2.75, 3.05) is 19.7 Å². The first-order valence-electron chi connectivity index (χ1n) is 10.4. The molecule has 2 aromatic rings. The van der Waals surface area contributed by atoms with Crippen molar-refractivity contribution >= 4 is 15.9 Å². The first kappa shape index (κ1) is 22.9. The molecule has 8 heteroatoms. The maximum atomic E-state index is 13.0. The lowest BCUT2D eigenvalue weighted by atomic mass is 10.1. The average Bonchev–Trinajstić information content (AvgIpc) is 3.31. The van der Waals surface area contributed by atoms with Crippen LogP contribution in [0.1, 0.15) is 47.7 Å². The number of nitrogens with one attached hydrogen (secondary N) is 1. The van der Waals surface area contributed by atoms with E-state index in [1.165, 1.54) is 12.1 Å². The van der Waals surface area contributed by atoms with Gasteiger partial charge in [0, 0.05) is 31.8 Å². The van der Waals surface area contributed by atoms with Gasteiger partial charge in [-0.05, 0) is 61.2 Å². The van der Waals surface area contributed by atoms with Crippen LogP contribution < -0.4 is 4.72 Å². The predicted molar refractivity (Wildman–Crippen MR) is 117 cm³/mol. The SMILES string of the molecule is CCCN(Cc1ccc(C#N)cc1)C(=O)c1ccc(S(=O)(=O)NCC2CCCO2)cc1. The molecule has 31 heavy (non-hydrogen) atoms. The van der Waals surface area contributed by atoms with E-state index in [1.807, 2.05) is 19.1 Å². The smallest absolute Gasteiger partial charge is 0.254 e. The van der Waals surface area contributed by atoms with Crippen LogP contribution >= 0.6 is 0 Å². The van der Waals surface area contributed by atoms with Gasteiger partial charge in [0.25, 0.3) is 5.91 Å². The van der Waals surface area contributed by atoms with Crippen LogP contribution in [-0.4, -0.2) is 45.0 Å². The van der Waals surface area contributed by atoms with Crippen LogP contribution in [0.5, 0.6) is 0 Å². The highest BCUT2D eigenvalue weighted by atomic mass is 32.2. The first-order valence-corrected chi connectivity index (χ1v) is 11.9. The fraction of sp³-hybridized carbons (Fsp3) is 0.391. The van der Waals surface area contributed by atoms with Crippen molar-refractivity contribution in [3.8, 4) is 6.07 Å². The first-order chi connectivity index (χ1) is 14.9. The van der Waals surface area contributed by atoms with Crippen LogP contribution in [0.15, 0.2) is 53.4 Å². The number of rotatable bonds is 9. The van der Waals surface area contributed by atoms with E-state index in [-0.39, 0.29) is 23.5 Å². The monoisotopic (exact) mass is 441 g/mol. The average molecular weight is 442 g/mol. The van der Waals surface area contributed by atoms with Crippen molar-refractivity contribution in [3.63, 3.8) is 0 Å². The van der Waals surface area contributed by atoms with Gasteiger partial charge in [0.15, 0.2) is 0 Å². The van der Waals surface area contributed by atoms with Crippen molar-refractivity contribution in [2.24, 2.45) is 0 Å². The lowest BCUT2D eigenvalue weighted by molar-refractivity contribution is 0.0743. The Balaban J connectivity index is 1.68. The summed E-state index contributed by atoms with van der Waals surface area (Å²) in [4.78, 5) is 14.9. The summed E-state index contributed by atoms with van der Waals surface area (Å²) in [5, 5.41) is 8.93. The molecule has 0 aliphatic carbocycles. The lowest BCUT2D eigenvalue weighted by Crippen LogP contribution is -2.32. The van der Waals surface area contributed by atoms with Crippen LogP contribution in [-0.2, 0) is 21.3 Å². The molecule has 1 fully saturated rings. The molecule has 1 unspecified atom stereocenters. The second kappa shape index (κ2) is 10.5. The number of carbonyl (C=O) groups is 1. The molecular weight excluding hydrogens is 414 g/mol. The van der Waals surface area contributed by atoms with E-state index in [0.717, 1.165) is 24.8 Å². The zero-order valence-corrected chi connectivity index (χ0v) is 18.4. The number of sulfonamides is 1. The molecule has 164 valence electrons. The Labute approximate surface area is 183 Å². The van der Waals surface area contributed by atoms with Gasteiger partial charge in [0.05, 0.1) is 22.6 Å². The van der Waals surface area contributed by atoms with Gasteiger partial charge in [-0.3, -0.25) is 4.79 Å². The molecule has 0 spiro atoms. The van der Waals surface area contributed by atoms with Gasteiger partial charge in [-0.15, -0.1) is 0 Å². The number of hydrogen-bond acceptors (Lipinski definition) is 5. The minimum absolute atomic E-state index is 0.0829. The molecule has 0 aromatic heterocycles. The third-order valence-electron chi connectivity index (χ3n) is 5.17. The van der Waals surface area contributed by atoms with E-state index >= 15 is 0 Å². The van der Waals surface area contributed by atoms with Crippen LogP contribution in [0.3, 0.4) is 0 Å². The molecule has 1 atom stereocenters. The quantitative estimate of drug-likeness (QED) is 0.645. The van der Waals surface area contributed by atoms with Gasteiger partial charge in [0.1, 0.15) is 0 Å². The Bertz CT molecular complexity index is 1020. The molecule has 1 amide bonds. The number of ether oxygens (including phenoxy) is 1. The van der Waals surface area contributed by atoms with Crippen molar-refractivity contribution in [3.05, 3.63) is 65.2 Å². The van der Waals surface area contributed by atoms with Crippen LogP contribution in [0.25, 0.3) is 0 Å². The fourth-order valence-electron chi connectivity index (χ4n) is 3.48. The summed E-state index contributed by atoms with van der Waals surface area (Å²) in [6, 6.07) is 15.2. The second-order valence-electron chi connectivity index (χ2n) is 7.55. The Morgan fingerprint density at radius 3 is 2.48 bits per heavy atom. The van der Waals surface area contributed by atoms with Gasteiger partial charge in [-0.25, -0.2) is 13.1 Å². The van der Waals surface area contributed by atoms with Crippen LogP contribution in [0, 0.1) is 11.3 Å². The molecule has 0 radical (unpaired) electrons. The zero-order valence-electron chi connectivity index (χ0n) is 17.6. The predicted octanol–water partition coefficient (Wildman–Crippen LogP) is 3.07. The fourth-order valence-corrected chi connectivity index (χ4v) is 4.54. The number of nitrogens with zero attached hydrogens (tertiary/aromatic N) is 2. The van der Waals surface area contributed by atoms with Crippen LogP contribution in [0.4, 0.5) is 0 Å². The summed E-state index contributed by atoms with van der Waals surface area (Å²) in [7, 11) is -3.66. The molecule has 1 N–H and O–H groups in total. The van der Waals surface area contributed by atoms with Crippen molar-refractivity contribution in [1.82, 2.24) is 9.62 Å². The standard InChI is InChI=1S/C23H27N3O4S/c1-2-13-26(17-19-7-5-18(15-24)6-8-19)23(27)20-9-11-22(12-10-20)31(28,29)25-16-21-4-3-14-30-21/h5-12,21,25H,2-4,13-14,16-17H2,1H3. The minimum Gasteiger partial charge on any atom is -0.377 e. The molecule has 7 nitrogen and oxygen atoms in total. The van der Waals surface area contributed by atoms with E-state index in [4.69, 9.17) is 10.00 Å². The van der Waals surface area contributed by atoms with Crippen molar-refractivity contribution in [2.45, 2.75) is 43.7 Å². The van der Waals surface area contributed by atoms with Crippen molar-refractivity contribution in [1.29, 1.82) is 5.26 Å². The largest absolute Gasteiger partial charge is 0.377 e. The third-order valence-corrected chi connectivity index (χ3v) is 6.61. The summed E-state index contributed by atoms with van der Waals surface area (Å²) >= 11 is 0. The highest BCUT2D eigenvalue weighted by Gasteiger charge is 2.21. The zero-order chi connectivity index (χ0) is 22.3. The molecule has 3 rings (SSSR count). The van der Waals surface area contributed by atoms with E-state index in [0.29, 0.717) is 30.8 Å². The van der Waals surface area contributed by atoms with E-state index < -0.39 is 10.0 Å². The number of carbonyl (C=O) groups excluding carboxylic acids is 1. The second-order valence-corrected chi connectivity index (χ2v) is 9.31. The highest BCUT2D eigenvalue weighted by molar-refractivity contribution is 7.89. The lowest BCUT2D eigenvalue weighted by Gasteiger charge is -2.22. The van der Waals surface area contributed by atoms with Gasteiger partial charge >= 0.3 is 0 Å². The Morgan fingerprint density at radius 2 is 1.90 bits per heavy atom. The summed E-state index contributed by atoms with van der Waals surface area (Å²) in [5.74, 6) is -0.164. The number of amides is 1. The van der Waals surface area contributed by atoms with Gasteiger partial charge in [-0.1, -0.05) is 19.1 Å². The Hall–Kier alpha value is -2.73. The number of benzene rings is 2. The maximum absolute atomic E-state index is 13.0. The number of nitriles is 1. The summed E-state index contributed by atoms with van der Waals surface area (Å²) in [6.07, 6.45) is 2.50. The Kier molecular flexibility index (Phi) is 7.80. The molecule has 1 aliphatic rings. The summed E-state index contributed by atoms with van der Waals surface area (Å²) in [5.41, 5.74) is 1.93. The molecule has 1 heterocycles. The minimum atomic E-state index is -3.66. The van der Waals surface area contributed by atoms with Crippen molar-refractivity contribution < 1.29 is 17.9 Å². The molecule has 0 bridgehead atoms. The van der Waals surface area contributed by atoms with Gasteiger partial charge < -0.3 is 9.64 Å². The normalized spacial score (nSPS) is 16.1. The maximum Gasteiger partial charge on any atom is 0.254 e. The molecule has 1 aliphatic heterocycles. The number of hydrogen-bond donors (Lipinski definition) is 1. The van der Waals surface area contributed by atoms with E-state index in [9.17, 15) is 13.2 Å². The topological polar surface area (TPSA) is 99.5 Å². The highest BCUT2D eigenvalue weighted by Crippen LogP contribution is 2.16. The van der Waals surface area contributed by atoms with Gasteiger partial charge in [-0.2, -0.15) is 5.26 Å². The summed E-state index contributed by atoms with van der Waals surface area (Å²) < 4.78 is 33.1. The summed E-state index contributed by atoms with van der Waals surface area (Å²) in [6.45, 7) is 3.90. The third kappa shape index (κ3) is 6.14. The molecular formula is C23H27N3O4S. The van der Waals surface area contributed by atoms with Gasteiger partial charge in [0.2, 0.25) is 10.0 Å². The molecule has 0 saturated carbocycles.